The summed E-state index contributed by atoms with van der Waals surface area (Å²) in [6.45, 7) is 0.789. The van der Waals surface area contributed by atoms with Crippen LogP contribution in [0.15, 0.2) is 91.0 Å². The van der Waals surface area contributed by atoms with E-state index in [-0.39, 0.29) is 19.1 Å². The zero-order valence-corrected chi connectivity index (χ0v) is 17.2. The van der Waals surface area contributed by atoms with E-state index in [2.05, 4.69) is 0 Å². The molecule has 1 aliphatic rings. The van der Waals surface area contributed by atoms with Gasteiger partial charge in [0.2, 0.25) is 5.91 Å². The van der Waals surface area contributed by atoms with Crippen LogP contribution < -0.4 is 0 Å². The van der Waals surface area contributed by atoms with Gasteiger partial charge in [0.05, 0.1) is 19.1 Å². The minimum atomic E-state index is -0.597. The molecule has 0 bridgehead atoms. The predicted octanol–water partition coefficient (Wildman–Crippen LogP) is 4.78. The average molecular weight is 415 g/mol. The molecule has 3 aromatic carbocycles. The number of hydrogen-bond donors (Lipinski definition) is 0. The maximum atomic E-state index is 13.5. The molecule has 1 saturated heterocycles. The third-order valence-electron chi connectivity index (χ3n) is 5.40. The van der Waals surface area contributed by atoms with Gasteiger partial charge >= 0.3 is 6.09 Å². The maximum Gasteiger partial charge on any atom is 0.417 e. The SMILES string of the molecule is O=C1OC[C@@H](c2ccccc2)N1C(=O)[C@H](COCc1ccccc1)Cc1ccccc1. The van der Waals surface area contributed by atoms with Crippen LogP contribution in [0.1, 0.15) is 22.7 Å². The topological polar surface area (TPSA) is 55.8 Å². The van der Waals surface area contributed by atoms with E-state index in [9.17, 15) is 9.59 Å². The molecule has 0 aliphatic carbocycles. The first-order chi connectivity index (χ1) is 15.2. The quantitative estimate of drug-likeness (QED) is 0.531. The summed E-state index contributed by atoms with van der Waals surface area (Å²) in [6, 6.07) is 28.7. The van der Waals surface area contributed by atoms with Gasteiger partial charge in [0.1, 0.15) is 12.6 Å². The Morgan fingerprint density at radius 1 is 0.903 bits per heavy atom. The Morgan fingerprint density at radius 3 is 2.13 bits per heavy atom. The van der Waals surface area contributed by atoms with Crippen molar-refractivity contribution in [2.24, 2.45) is 5.92 Å². The van der Waals surface area contributed by atoms with E-state index in [1.54, 1.807) is 0 Å². The summed E-state index contributed by atoms with van der Waals surface area (Å²) in [7, 11) is 0. The fourth-order valence-electron chi connectivity index (χ4n) is 3.79. The molecule has 0 aromatic heterocycles. The number of benzene rings is 3. The predicted molar refractivity (Wildman–Crippen MR) is 117 cm³/mol. The Morgan fingerprint density at radius 2 is 1.48 bits per heavy atom. The maximum absolute atomic E-state index is 13.5. The second kappa shape index (κ2) is 10.0. The minimum absolute atomic E-state index is 0.164. The van der Waals surface area contributed by atoms with Crippen LogP contribution in [-0.2, 0) is 27.3 Å². The van der Waals surface area contributed by atoms with Crippen LogP contribution in [0.3, 0.4) is 0 Å². The Hall–Kier alpha value is -3.44. The summed E-state index contributed by atoms with van der Waals surface area (Å²) in [4.78, 5) is 27.3. The lowest BCUT2D eigenvalue weighted by Crippen LogP contribution is -2.41. The summed E-state index contributed by atoms with van der Waals surface area (Å²) in [6.07, 6.45) is -0.111. The van der Waals surface area contributed by atoms with Crippen molar-refractivity contribution < 1.29 is 19.1 Å². The average Bonchev–Trinajstić information content (AvgIpc) is 3.21. The first-order valence-corrected chi connectivity index (χ1v) is 10.4. The van der Waals surface area contributed by atoms with Crippen molar-refractivity contribution >= 4 is 12.0 Å². The molecule has 0 radical (unpaired) electrons. The number of ether oxygens (including phenoxy) is 2. The van der Waals surface area contributed by atoms with Crippen LogP contribution in [0.2, 0.25) is 0 Å². The van der Waals surface area contributed by atoms with E-state index in [4.69, 9.17) is 9.47 Å². The van der Waals surface area contributed by atoms with E-state index in [0.29, 0.717) is 13.0 Å². The van der Waals surface area contributed by atoms with Crippen molar-refractivity contribution in [2.75, 3.05) is 13.2 Å². The molecule has 4 rings (SSSR count). The first kappa shape index (κ1) is 20.8. The number of hydrogen-bond acceptors (Lipinski definition) is 4. The van der Waals surface area contributed by atoms with Crippen LogP contribution in [0.25, 0.3) is 0 Å². The molecule has 0 unspecified atom stereocenters. The van der Waals surface area contributed by atoms with E-state index in [1.807, 2.05) is 91.0 Å². The second-order valence-corrected chi connectivity index (χ2v) is 7.60. The minimum Gasteiger partial charge on any atom is -0.446 e. The molecular formula is C26H25NO4. The zero-order chi connectivity index (χ0) is 21.5. The molecule has 0 N–H and O–H groups in total. The van der Waals surface area contributed by atoms with Gasteiger partial charge in [-0.1, -0.05) is 91.0 Å². The van der Waals surface area contributed by atoms with Crippen LogP contribution >= 0.6 is 0 Å². The van der Waals surface area contributed by atoms with Gasteiger partial charge in [0, 0.05) is 0 Å². The number of carbonyl (C=O) groups excluding carboxylic acids is 2. The van der Waals surface area contributed by atoms with Gasteiger partial charge in [-0.05, 0) is 23.1 Å². The Kier molecular flexibility index (Phi) is 6.75. The molecule has 3 aromatic rings. The highest BCUT2D eigenvalue weighted by molar-refractivity contribution is 5.95. The highest BCUT2D eigenvalue weighted by Crippen LogP contribution is 2.30. The fraction of sp³-hybridized carbons (Fsp3) is 0.231. The van der Waals surface area contributed by atoms with Gasteiger partial charge in [0.15, 0.2) is 0 Å². The molecule has 31 heavy (non-hydrogen) atoms. The number of cyclic esters (lactones) is 1. The van der Waals surface area contributed by atoms with Gasteiger partial charge in [-0.15, -0.1) is 0 Å². The molecule has 1 aliphatic heterocycles. The first-order valence-electron chi connectivity index (χ1n) is 10.4. The van der Waals surface area contributed by atoms with Crippen molar-refractivity contribution in [3.63, 3.8) is 0 Å². The van der Waals surface area contributed by atoms with Crippen molar-refractivity contribution in [3.05, 3.63) is 108 Å². The highest BCUT2D eigenvalue weighted by Gasteiger charge is 2.41. The van der Waals surface area contributed by atoms with Crippen LogP contribution in [0.5, 0.6) is 0 Å². The standard InChI is InChI=1S/C26H25NO4/c28-25(27-24(19-31-26(27)29)22-14-8-3-9-15-22)23(16-20-10-4-1-5-11-20)18-30-17-21-12-6-2-7-13-21/h1-15,23-24H,16-19H2/t23-,24-/m0/s1. The van der Waals surface area contributed by atoms with Gasteiger partial charge < -0.3 is 9.47 Å². The second-order valence-electron chi connectivity index (χ2n) is 7.60. The summed E-state index contributed by atoms with van der Waals surface area (Å²) in [5, 5.41) is 0. The molecular weight excluding hydrogens is 390 g/mol. The van der Waals surface area contributed by atoms with E-state index in [0.717, 1.165) is 16.7 Å². The Balaban J connectivity index is 1.52. The lowest BCUT2D eigenvalue weighted by molar-refractivity contribution is -0.135. The molecule has 0 spiro atoms. The number of carbonyl (C=O) groups is 2. The smallest absolute Gasteiger partial charge is 0.417 e. The zero-order valence-electron chi connectivity index (χ0n) is 17.2. The fourth-order valence-corrected chi connectivity index (χ4v) is 3.79. The third kappa shape index (κ3) is 5.19. The number of nitrogens with zero attached hydrogens (tertiary/aromatic N) is 1. The Bertz CT molecular complexity index is 992. The molecule has 5 nitrogen and oxygen atoms in total. The van der Waals surface area contributed by atoms with Crippen LogP contribution in [-0.4, -0.2) is 30.1 Å². The van der Waals surface area contributed by atoms with Crippen molar-refractivity contribution in [2.45, 2.75) is 19.1 Å². The summed E-state index contributed by atoms with van der Waals surface area (Å²) < 4.78 is 11.2. The monoisotopic (exact) mass is 415 g/mol. The van der Waals surface area contributed by atoms with Crippen LogP contribution in [0.4, 0.5) is 4.79 Å². The van der Waals surface area contributed by atoms with E-state index < -0.39 is 18.1 Å². The van der Waals surface area contributed by atoms with Gasteiger partial charge in [-0.2, -0.15) is 0 Å². The van der Waals surface area contributed by atoms with Crippen molar-refractivity contribution in [1.82, 2.24) is 4.90 Å². The third-order valence-corrected chi connectivity index (χ3v) is 5.40. The normalized spacial score (nSPS) is 16.7. The largest absolute Gasteiger partial charge is 0.446 e. The molecule has 1 fully saturated rings. The molecule has 5 heteroatoms. The number of rotatable bonds is 8. The van der Waals surface area contributed by atoms with Crippen molar-refractivity contribution in [1.29, 1.82) is 0 Å². The lowest BCUT2D eigenvalue weighted by Gasteiger charge is -2.25. The molecule has 1 heterocycles. The van der Waals surface area contributed by atoms with Gasteiger partial charge in [-0.25, -0.2) is 9.69 Å². The van der Waals surface area contributed by atoms with E-state index in [1.165, 1.54) is 4.90 Å². The number of imide groups is 1. The Labute approximate surface area is 182 Å². The molecule has 0 saturated carbocycles. The summed E-state index contributed by atoms with van der Waals surface area (Å²) >= 11 is 0. The molecule has 2 atom stereocenters. The molecule has 2 amide bonds. The highest BCUT2D eigenvalue weighted by atomic mass is 16.6. The lowest BCUT2D eigenvalue weighted by atomic mass is 9.97. The van der Waals surface area contributed by atoms with Crippen molar-refractivity contribution in [3.8, 4) is 0 Å². The summed E-state index contributed by atoms with van der Waals surface area (Å²) in [5.41, 5.74) is 2.94. The number of amides is 2. The molecule has 158 valence electrons. The summed E-state index contributed by atoms with van der Waals surface area (Å²) in [5.74, 6) is -0.767. The van der Waals surface area contributed by atoms with Crippen LogP contribution in [0, 0.1) is 5.92 Å². The van der Waals surface area contributed by atoms with Gasteiger partial charge in [0.25, 0.3) is 0 Å². The van der Waals surface area contributed by atoms with E-state index >= 15 is 0 Å². The van der Waals surface area contributed by atoms with Gasteiger partial charge in [-0.3, -0.25) is 4.79 Å².